The van der Waals surface area contributed by atoms with Crippen LogP contribution < -0.4 is 5.32 Å². The summed E-state index contributed by atoms with van der Waals surface area (Å²) in [7, 11) is 0. The van der Waals surface area contributed by atoms with Crippen molar-refractivity contribution in [2.24, 2.45) is 0 Å². The fraction of sp³-hybridized carbons (Fsp3) is 0.857. The summed E-state index contributed by atoms with van der Waals surface area (Å²) < 4.78 is 38.8. The molecule has 0 bridgehead atoms. The van der Waals surface area contributed by atoms with Gasteiger partial charge in [-0.1, -0.05) is 0 Å². The van der Waals surface area contributed by atoms with Crippen LogP contribution in [0.1, 0.15) is 45.4 Å². The number of hydrogen-bond donors (Lipinski definition) is 2. The molecule has 2 aliphatic rings. The van der Waals surface area contributed by atoms with Gasteiger partial charge in [0.05, 0.1) is 0 Å². The molecule has 0 aromatic carbocycles. The molecule has 126 valence electrons. The molecule has 1 heterocycles. The monoisotopic (exact) mass is 322 g/mol. The van der Waals surface area contributed by atoms with Crippen LogP contribution in [0.2, 0.25) is 0 Å². The Hall–Kier alpha value is -1.31. The first-order valence-electron chi connectivity index (χ1n) is 7.51. The predicted molar refractivity (Wildman–Crippen MR) is 71.8 cm³/mol. The Bertz CT molecular complexity index is 447. The highest BCUT2D eigenvalue weighted by molar-refractivity contribution is 5.85. The lowest BCUT2D eigenvalue weighted by atomic mass is 9.95. The van der Waals surface area contributed by atoms with Crippen molar-refractivity contribution in [3.05, 3.63) is 0 Å². The number of piperidine rings is 1. The minimum atomic E-state index is -4.47. The normalized spacial score (nSPS) is 28.5. The highest BCUT2D eigenvalue weighted by Crippen LogP contribution is 2.33. The van der Waals surface area contributed by atoms with Crippen molar-refractivity contribution in [3.8, 4) is 0 Å². The summed E-state index contributed by atoms with van der Waals surface area (Å²) in [6, 6.07) is -2.35. The maximum atomic E-state index is 12.9. The van der Waals surface area contributed by atoms with Gasteiger partial charge in [0.2, 0.25) is 5.91 Å². The number of halogens is 3. The van der Waals surface area contributed by atoms with Gasteiger partial charge < -0.3 is 15.3 Å². The molecule has 2 amide bonds. The maximum absolute atomic E-state index is 12.9. The highest BCUT2D eigenvalue weighted by Gasteiger charge is 2.48. The molecule has 22 heavy (non-hydrogen) atoms. The summed E-state index contributed by atoms with van der Waals surface area (Å²) in [6.07, 6.45) is -2.33. The van der Waals surface area contributed by atoms with Gasteiger partial charge in [-0.3, -0.25) is 9.59 Å². The van der Waals surface area contributed by atoms with Crippen LogP contribution in [0.4, 0.5) is 13.2 Å². The molecule has 5 nitrogen and oxygen atoms in total. The summed E-state index contributed by atoms with van der Waals surface area (Å²) in [5.41, 5.74) is -1.41. The topological polar surface area (TPSA) is 69.6 Å². The molecule has 8 heteroatoms. The van der Waals surface area contributed by atoms with Crippen LogP contribution >= 0.6 is 0 Å². The summed E-state index contributed by atoms with van der Waals surface area (Å²) in [5.74, 6) is -1.20. The average molecular weight is 322 g/mol. The quantitative estimate of drug-likeness (QED) is 0.806. The van der Waals surface area contributed by atoms with Crippen LogP contribution in [0.25, 0.3) is 0 Å². The van der Waals surface area contributed by atoms with Gasteiger partial charge in [0, 0.05) is 19.5 Å². The second-order valence-corrected chi connectivity index (χ2v) is 6.22. The number of carbonyl (C=O) groups is 2. The largest absolute Gasteiger partial charge is 0.408 e. The molecule has 2 atom stereocenters. The van der Waals surface area contributed by atoms with Gasteiger partial charge >= 0.3 is 6.18 Å². The predicted octanol–water partition coefficient (Wildman–Crippen LogP) is 1.35. The Kier molecular flexibility index (Phi) is 4.70. The van der Waals surface area contributed by atoms with E-state index in [9.17, 15) is 27.9 Å². The molecule has 0 aromatic rings. The minimum absolute atomic E-state index is 0.135. The first-order chi connectivity index (χ1) is 10.1. The third-order valence-electron chi connectivity index (χ3n) is 4.55. The van der Waals surface area contributed by atoms with Crippen molar-refractivity contribution in [2.45, 2.75) is 69.3 Å². The van der Waals surface area contributed by atoms with Crippen LogP contribution in [-0.4, -0.2) is 52.2 Å². The Balaban J connectivity index is 2.00. The van der Waals surface area contributed by atoms with E-state index < -0.39 is 35.7 Å². The number of nitrogens with zero attached hydrogens (tertiary/aromatic N) is 1. The third kappa shape index (κ3) is 3.53. The van der Waals surface area contributed by atoms with Gasteiger partial charge in [-0.15, -0.1) is 0 Å². The molecule has 1 aliphatic heterocycles. The van der Waals surface area contributed by atoms with Gasteiger partial charge in [0.1, 0.15) is 11.6 Å². The van der Waals surface area contributed by atoms with Crippen LogP contribution in [0.15, 0.2) is 0 Å². The number of aliphatic hydroxyl groups is 1. The molecule has 2 fully saturated rings. The van der Waals surface area contributed by atoms with Crippen molar-refractivity contribution < 1.29 is 27.9 Å². The zero-order valence-corrected chi connectivity index (χ0v) is 12.4. The lowest BCUT2D eigenvalue weighted by molar-refractivity contribution is -0.196. The van der Waals surface area contributed by atoms with Gasteiger partial charge in [0.15, 0.2) is 0 Å². The lowest BCUT2D eigenvalue weighted by Gasteiger charge is -2.40. The smallest absolute Gasteiger partial charge is 0.380 e. The zero-order valence-electron chi connectivity index (χ0n) is 12.4. The number of amides is 2. The average Bonchev–Trinajstić information content (AvgIpc) is 2.85. The number of likely N-dealkylation sites (tertiary alicyclic amines) is 1. The molecule has 1 saturated heterocycles. The Morgan fingerprint density at radius 1 is 1.23 bits per heavy atom. The van der Waals surface area contributed by atoms with E-state index >= 15 is 0 Å². The Labute approximate surface area is 126 Å². The van der Waals surface area contributed by atoms with Crippen LogP contribution in [0.5, 0.6) is 0 Å². The standard InChI is InChI=1S/C14H21F3N2O3/c1-9(20)19-8-10(4-5-11(19)14(15,16)17)18-12(21)13(22)6-2-3-7-13/h10-11,22H,2-8H2,1H3,(H,18,21)/t10-,11-/m1/s1. The van der Waals surface area contributed by atoms with Gasteiger partial charge in [-0.25, -0.2) is 0 Å². The molecule has 0 unspecified atom stereocenters. The van der Waals surface area contributed by atoms with Gasteiger partial charge in [-0.05, 0) is 38.5 Å². The van der Waals surface area contributed by atoms with E-state index in [1.54, 1.807) is 0 Å². The number of rotatable bonds is 2. The summed E-state index contributed by atoms with van der Waals surface area (Å²) in [4.78, 5) is 24.3. The van der Waals surface area contributed by atoms with E-state index in [4.69, 9.17) is 0 Å². The van der Waals surface area contributed by atoms with Gasteiger partial charge in [-0.2, -0.15) is 13.2 Å². The fourth-order valence-electron chi connectivity index (χ4n) is 3.28. The van der Waals surface area contributed by atoms with Crippen molar-refractivity contribution >= 4 is 11.8 Å². The SMILES string of the molecule is CC(=O)N1C[C@H](NC(=O)C2(O)CCCC2)CC[C@@H]1C(F)(F)F. The first kappa shape index (κ1) is 17.1. The first-order valence-corrected chi connectivity index (χ1v) is 7.51. The van der Waals surface area contributed by atoms with Crippen LogP contribution in [0.3, 0.4) is 0 Å². The molecule has 0 aromatic heterocycles. The molecule has 2 N–H and O–H groups in total. The van der Waals surface area contributed by atoms with E-state index in [1.165, 1.54) is 0 Å². The van der Waals surface area contributed by atoms with Crippen molar-refractivity contribution in [1.82, 2.24) is 10.2 Å². The molecular formula is C14H21F3N2O3. The Morgan fingerprint density at radius 2 is 1.82 bits per heavy atom. The lowest BCUT2D eigenvalue weighted by Crippen LogP contribution is -2.59. The van der Waals surface area contributed by atoms with E-state index in [2.05, 4.69) is 5.32 Å². The second kappa shape index (κ2) is 6.06. The van der Waals surface area contributed by atoms with E-state index in [1.807, 2.05) is 0 Å². The van der Waals surface area contributed by atoms with Crippen molar-refractivity contribution in [2.75, 3.05) is 6.54 Å². The molecule has 2 rings (SSSR count). The summed E-state index contributed by atoms with van der Waals surface area (Å²) in [6.45, 7) is 0.911. The molecule has 1 saturated carbocycles. The molecule has 1 aliphatic carbocycles. The van der Waals surface area contributed by atoms with E-state index in [0.29, 0.717) is 12.8 Å². The van der Waals surface area contributed by atoms with Crippen LogP contribution in [0, 0.1) is 0 Å². The fourth-order valence-corrected chi connectivity index (χ4v) is 3.28. The zero-order chi connectivity index (χ0) is 16.5. The molecule has 0 radical (unpaired) electrons. The van der Waals surface area contributed by atoms with Crippen molar-refractivity contribution in [1.29, 1.82) is 0 Å². The number of carbonyl (C=O) groups excluding carboxylic acids is 2. The summed E-state index contributed by atoms with van der Waals surface area (Å²) in [5, 5.41) is 12.8. The molecule has 0 spiro atoms. The van der Waals surface area contributed by atoms with E-state index in [-0.39, 0.29) is 19.4 Å². The number of hydrogen-bond acceptors (Lipinski definition) is 3. The Morgan fingerprint density at radius 3 is 2.32 bits per heavy atom. The third-order valence-corrected chi connectivity index (χ3v) is 4.55. The maximum Gasteiger partial charge on any atom is 0.408 e. The second-order valence-electron chi connectivity index (χ2n) is 6.22. The minimum Gasteiger partial charge on any atom is -0.380 e. The number of nitrogens with one attached hydrogen (secondary N) is 1. The summed E-state index contributed by atoms with van der Waals surface area (Å²) >= 11 is 0. The van der Waals surface area contributed by atoms with Gasteiger partial charge in [0.25, 0.3) is 5.91 Å². The van der Waals surface area contributed by atoms with Crippen LogP contribution in [-0.2, 0) is 9.59 Å². The van der Waals surface area contributed by atoms with Crippen molar-refractivity contribution in [3.63, 3.8) is 0 Å². The molecular weight excluding hydrogens is 301 g/mol. The number of alkyl halides is 3. The highest BCUT2D eigenvalue weighted by atomic mass is 19.4. The van der Waals surface area contributed by atoms with E-state index in [0.717, 1.165) is 24.7 Å².